The van der Waals surface area contributed by atoms with Crippen LogP contribution in [0, 0.1) is 5.92 Å². The van der Waals surface area contributed by atoms with Gasteiger partial charge in [-0.25, -0.2) is 15.0 Å². The normalized spacial score (nSPS) is 18.6. The maximum atomic E-state index is 12.6. The van der Waals surface area contributed by atoms with Crippen LogP contribution in [0.15, 0.2) is 36.8 Å². The summed E-state index contributed by atoms with van der Waals surface area (Å²) in [7, 11) is 0. The lowest BCUT2D eigenvalue weighted by atomic mass is 9.99. The van der Waals surface area contributed by atoms with Gasteiger partial charge in [0.1, 0.15) is 5.82 Å². The van der Waals surface area contributed by atoms with Gasteiger partial charge in [0.15, 0.2) is 0 Å². The van der Waals surface area contributed by atoms with Gasteiger partial charge in [-0.2, -0.15) is 0 Å². The van der Waals surface area contributed by atoms with Crippen LogP contribution in [0.4, 0.5) is 11.8 Å². The second-order valence-corrected chi connectivity index (χ2v) is 7.40. The molecule has 0 saturated carbocycles. The number of hydrogen-bond acceptors (Lipinski definition) is 6. The van der Waals surface area contributed by atoms with Gasteiger partial charge < -0.3 is 14.7 Å². The van der Waals surface area contributed by atoms with Gasteiger partial charge in [-0.15, -0.1) is 0 Å². The van der Waals surface area contributed by atoms with E-state index in [0.717, 1.165) is 69.8 Å². The third kappa shape index (κ3) is 4.02. The monoisotopic (exact) mass is 366 g/mol. The van der Waals surface area contributed by atoms with Gasteiger partial charge in [-0.05, 0) is 37.0 Å². The molecular formula is C20H26N6O. The molecule has 0 aliphatic carbocycles. The molecule has 0 unspecified atom stereocenters. The molecule has 0 spiro atoms. The van der Waals surface area contributed by atoms with Crippen molar-refractivity contribution in [2.24, 2.45) is 5.92 Å². The van der Waals surface area contributed by atoms with E-state index in [2.05, 4.69) is 31.7 Å². The molecular weight excluding hydrogens is 340 g/mol. The second kappa shape index (κ2) is 7.90. The number of aromatic nitrogens is 3. The van der Waals surface area contributed by atoms with Crippen LogP contribution in [-0.2, 0) is 0 Å². The SMILES string of the molecule is CC1CCN(C(=O)c2ccc(N3CCN(c4ncccn4)CC3)nc2)CC1. The number of piperidine rings is 1. The highest BCUT2D eigenvalue weighted by Crippen LogP contribution is 2.20. The molecule has 4 heterocycles. The number of anilines is 2. The van der Waals surface area contributed by atoms with E-state index in [1.54, 1.807) is 18.6 Å². The standard InChI is InChI=1S/C20H26N6O/c1-16-5-9-25(10-6-16)19(27)17-3-4-18(23-15-17)24-11-13-26(14-12-24)20-21-7-2-8-22-20/h2-4,7-8,15-16H,5-6,9-14H2,1H3. The van der Waals surface area contributed by atoms with Gasteiger partial charge in [0.05, 0.1) is 5.56 Å². The Morgan fingerprint density at radius 3 is 2.22 bits per heavy atom. The Hall–Kier alpha value is -2.70. The average molecular weight is 366 g/mol. The lowest BCUT2D eigenvalue weighted by Crippen LogP contribution is -2.47. The molecule has 0 aromatic carbocycles. The van der Waals surface area contributed by atoms with E-state index in [-0.39, 0.29) is 5.91 Å². The molecule has 2 aromatic heterocycles. The predicted molar refractivity (Wildman–Crippen MR) is 105 cm³/mol. The third-order valence-corrected chi connectivity index (χ3v) is 5.50. The Labute approximate surface area is 160 Å². The summed E-state index contributed by atoms with van der Waals surface area (Å²) in [5, 5.41) is 0. The van der Waals surface area contributed by atoms with Crippen LogP contribution in [0.1, 0.15) is 30.1 Å². The van der Waals surface area contributed by atoms with Crippen molar-refractivity contribution < 1.29 is 4.79 Å². The third-order valence-electron chi connectivity index (χ3n) is 5.50. The van der Waals surface area contributed by atoms with Crippen LogP contribution in [0.2, 0.25) is 0 Å². The Morgan fingerprint density at radius 2 is 1.59 bits per heavy atom. The zero-order valence-electron chi connectivity index (χ0n) is 15.8. The molecule has 1 amide bonds. The summed E-state index contributed by atoms with van der Waals surface area (Å²) in [4.78, 5) is 32.2. The van der Waals surface area contributed by atoms with E-state index in [9.17, 15) is 4.79 Å². The van der Waals surface area contributed by atoms with Crippen molar-refractivity contribution in [1.82, 2.24) is 19.9 Å². The summed E-state index contributed by atoms with van der Waals surface area (Å²) in [5.74, 6) is 2.52. The number of pyridine rings is 1. The minimum Gasteiger partial charge on any atom is -0.353 e. The summed E-state index contributed by atoms with van der Waals surface area (Å²) in [6.07, 6.45) is 7.45. The molecule has 27 heavy (non-hydrogen) atoms. The summed E-state index contributed by atoms with van der Waals surface area (Å²) >= 11 is 0. The van der Waals surface area contributed by atoms with E-state index in [0.29, 0.717) is 5.56 Å². The summed E-state index contributed by atoms with van der Waals surface area (Å²) in [6.45, 7) is 7.40. The Balaban J connectivity index is 1.35. The van der Waals surface area contributed by atoms with Crippen molar-refractivity contribution in [2.75, 3.05) is 49.1 Å². The number of hydrogen-bond donors (Lipinski definition) is 0. The highest BCUT2D eigenvalue weighted by Gasteiger charge is 2.23. The number of rotatable bonds is 3. The van der Waals surface area contributed by atoms with Crippen molar-refractivity contribution in [2.45, 2.75) is 19.8 Å². The average Bonchev–Trinajstić information content (AvgIpc) is 2.75. The molecule has 4 rings (SSSR count). The van der Waals surface area contributed by atoms with Crippen LogP contribution in [0.3, 0.4) is 0 Å². The zero-order chi connectivity index (χ0) is 18.6. The first-order chi connectivity index (χ1) is 13.2. The molecule has 7 nitrogen and oxygen atoms in total. The van der Waals surface area contributed by atoms with Crippen LogP contribution < -0.4 is 9.80 Å². The lowest BCUT2D eigenvalue weighted by molar-refractivity contribution is 0.0697. The lowest BCUT2D eigenvalue weighted by Gasteiger charge is -2.35. The molecule has 0 atom stereocenters. The molecule has 0 radical (unpaired) electrons. The predicted octanol–water partition coefficient (Wildman–Crippen LogP) is 2.07. The highest BCUT2D eigenvalue weighted by molar-refractivity contribution is 5.94. The Bertz CT molecular complexity index is 750. The molecule has 0 bridgehead atoms. The minimum absolute atomic E-state index is 0.104. The van der Waals surface area contributed by atoms with Crippen molar-refractivity contribution in [3.05, 3.63) is 42.4 Å². The number of carbonyl (C=O) groups excluding carboxylic acids is 1. The van der Waals surface area contributed by atoms with Crippen molar-refractivity contribution in [3.63, 3.8) is 0 Å². The molecule has 0 N–H and O–H groups in total. The summed E-state index contributed by atoms with van der Waals surface area (Å²) in [6, 6.07) is 5.71. The highest BCUT2D eigenvalue weighted by atomic mass is 16.2. The Morgan fingerprint density at radius 1 is 0.926 bits per heavy atom. The second-order valence-electron chi connectivity index (χ2n) is 7.40. The fourth-order valence-electron chi connectivity index (χ4n) is 3.68. The van der Waals surface area contributed by atoms with E-state index < -0.39 is 0 Å². The van der Waals surface area contributed by atoms with Gasteiger partial charge >= 0.3 is 0 Å². The van der Waals surface area contributed by atoms with Crippen LogP contribution in [0.5, 0.6) is 0 Å². The van der Waals surface area contributed by atoms with Crippen LogP contribution in [-0.4, -0.2) is 65.0 Å². The molecule has 2 fully saturated rings. The van der Waals surface area contributed by atoms with Crippen molar-refractivity contribution in [1.29, 1.82) is 0 Å². The zero-order valence-corrected chi connectivity index (χ0v) is 15.8. The van der Waals surface area contributed by atoms with Crippen LogP contribution in [0.25, 0.3) is 0 Å². The Kier molecular flexibility index (Phi) is 5.18. The quantitative estimate of drug-likeness (QED) is 0.829. The molecule has 2 aliphatic rings. The van der Waals surface area contributed by atoms with Gasteiger partial charge in [0.2, 0.25) is 5.95 Å². The van der Waals surface area contributed by atoms with Crippen molar-refractivity contribution in [3.8, 4) is 0 Å². The number of likely N-dealkylation sites (tertiary alicyclic amines) is 1. The minimum atomic E-state index is 0.104. The summed E-state index contributed by atoms with van der Waals surface area (Å²) in [5.41, 5.74) is 0.685. The molecule has 2 saturated heterocycles. The summed E-state index contributed by atoms with van der Waals surface area (Å²) < 4.78 is 0. The maximum Gasteiger partial charge on any atom is 0.255 e. The van der Waals surface area contributed by atoms with Crippen LogP contribution >= 0.6 is 0 Å². The first-order valence-corrected chi connectivity index (χ1v) is 9.73. The van der Waals surface area contributed by atoms with Gasteiger partial charge in [-0.3, -0.25) is 4.79 Å². The van der Waals surface area contributed by atoms with E-state index >= 15 is 0 Å². The van der Waals surface area contributed by atoms with E-state index in [1.165, 1.54) is 0 Å². The molecule has 7 heteroatoms. The number of carbonyl (C=O) groups is 1. The number of piperazine rings is 1. The molecule has 2 aliphatic heterocycles. The fraction of sp³-hybridized carbons (Fsp3) is 0.500. The van der Waals surface area contributed by atoms with Crippen molar-refractivity contribution >= 4 is 17.7 Å². The van der Waals surface area contributed by atoms with Gasteiger partial charge in [0.25, 0.3) is 5.91 Å². The fourth-order valence-corrected chi connectivity index (χ4v) is 3.68. The first kappa shape index (κ1) is 17.7. The van der Waals surface area contributed by atoms with Gasteiger partial charge in [-0.1, -0.05) is 6.92 Å². The first-order valence-electron chi connectivity index (χ1n) is 9.73. The molecule has 142 valence electrons. The van der Waals surface area contributed by atoms with Gasteiger partial charge in [0, 0.05) is 57.9 Å². The largest absolute Gasteiger partial charge is 0.353 e. The maximum absolute atomic E-state index is 12.6. The topological polar surface area (TPSA) is 65.5 Å². The van der Waals surface area contributed by atoms with E-state index in [1.807, 2.05) is 23.1 Å². The van der Waals surface area contributed by atoms with E-state index in [4.69, 9.17) is 0 Å². The number of nitrogens with zero attached hydrogens (tertiary/aromatic N) is 6. The number of amides is 1. The smallest absolute Gasteiger partial charge is 0.255 e. The molecule has 2 aromatic rings.